The highest BCUT2D eigenvalue weighted by molar-refractivity contribution is 5.96. The number of aromatic nitrogens is 2. The molecule has 17 heavy (non-hydrogen) atoms. The van der Waals surface area contributed by atoms with E-state index in [2.05, 4.69) is 9.97 Å². The first-order chi connectivity index (χ1) is 8.16. The Hall–Kier alpha value is -2.56. The second-order valence-corrected chi connectivity index (χ2v) is 3.81. The van der Waals surface area contributed by atoms with Gasteiger partial charge < -0.3 is 16.6 Å². The molecule has 3 rings (SSSR count). The Labute approximate surface area is 96.7 Å². The molecule has 0 aliphatic heterocycles. The maximum absolute atomic E-state index is 9.89. The number of anilines is 2. The molecule has 5 nitrogen and oxygen atoms in total. The van der Waals surface area contributed by atoms with Crippen molar-refractivity contribution in [3.05, 3.63) is 30.3 Å². The molecule has 0 unspecified atom stereocenters. The number of fused-ring (bicyclic) bond motifs is 2. The molecule has 3 aromatic rings. The normalized spacial score (nSPS) is 11.1. The van der Waals surface area contributed by atoms with Crippen LogP contribution in [-0.4, -0.2) is 15.1 Å². The van der Waals surface area contributed by atoms with Gasteiger partial charge in [0.15, 0.2) is 5.75 Å². The van der Waals surface area contributed by atoms with Gasteiger partial charge in [0.2, 0.25) is 0 Å². The first-order valence-electron chi connectivity index (χ1n) is 5.10. The van der Waals surface area contributed by atoms with Gasteiger partial charge in [-0.2, -0.15) is 0 Å². The van der Waals surface area contributed by atoms with E-state index in [1.54, 1.807) is 6.07 Å². The van der Waals surface area contributed by atoms with Crippen LogP contribution in [0.3, 0.4) is 0 Å². The van der Waals surface area contributed by atoms with E-state index in [0.717, 1.165) is 5.52 Å². The van der Waals surface area contributed by atoms with Crippen molar-refractivity contribution in [2.45, 2.75) is 0 Å². The molecule has 1 aromatic heterocycles. The first kappa shape index (κ1) is 9.65. The molecule has 2 aromatic carbocycles. The van der Waals surface area contributed by atoms with Gasteiger partial charge >= 0.3 is 0 Å². The minimum absolute atomic E-state index is 0.113. The van der Waals surface area contributed by atoms with Crippen molar-refractivity contribution in [2.75, 3.05) is 11.5 Å². The molecule has 5 heteroatoms. The number of para-hydroxylation sites is 2. The molecule has 1 heterocycles. The summed E-state index contributed by atoms with van der Waals surface area (Å²) >= 11 is 0. The maximum Gasteiger partial charge on any atom is 0.168 e. The SMILES string of the molecule is Nc1cc2nc3ccccc3nc2c(O)c1N. The van der Waals surface area contributed by atoms with Gasteiger partial charge in [0, 0.05) is 0 Å². The Bertz CT molecular complexity index is 739. The van der Waals surface area contributed by atoms with Crippen LogP contribution in [0, 0.1) is 0 Å². The lowest BCUT2D eigenvalue weighted by molar-refractivity contribution is 0.483. The number of hydrogen-bond acceptors (Lipinski definition) is 5. The van der Waals surface area contributed by atoms with Gasteiger partial charge in [-0.15, -0.1) is 0 Å². The number of nitrogens with zero attached hydrogens (tertiary/aromatic N) is 2. The summed E-state index contributed by atoms with van der Waals surface area (Å²) in [5.74, 6) is -0.113. The summed E-state index contributed by atoms with van der Waals surface area (Å²) in [5, 5.41) is 9.89. The van der Waals surface area contributed by atoms with Crippen LogP contribution in [0.15, 0.2) is 30.3 Å². The molecule has 0 aliphatic carbocycles. The number of phenolic OH excluding ortho intramolecular Hbond substituents is 1. The number of nitrogen functional groups attached to an aromatic ring is 2. The topological polar surface area (TPSA) is 98.0 Å². The molecule has 0 aliphatic rings. The van der Waals surface area contributed by atoms with Crippen LogP contribution < -0.4 is 11.5 Å². The lowest BCUT2D eigenvalue weighted by Crippen LogP contribution is -1.97. The van der Waals surface area contributed by atoms with E-state index >= 15 is 0 Å². The van der Waals surface area contributed by atoms with Crippen LogP contribution in [0.5, 0.6) is 5.75 Å². The fourth-order valence-electron chi connectivity index (χ4n) is 1.78. The number of hydrogen-bond donors (Lipinski definition) is 3. The highest BCUT2D eigenvalue weighted by atomic mass is 16.3. The van der Waals surface area contributed by atoms with E-state index in [1.165, 1.54) is 0 Å². The average molecular weight is 226 g/mol. The molecule has 0 fully saturated rings. The summed E-state index contributed by atoms with van der Waals surface area (Å²) in [7, 11) is 0. The molecule has 0 spiro atoms. The van der Waals surface area contributed by atoms with E-state index in [1.807, 2.05) is 24.3 Å². The minimum Gasteiger partial charge on any atom is -0.504 e. The summed E-state index contributed by atoms with van der Waals surface area (Å²) in [6, 6.07) is 9.03. The van der Waals surface area contributed by atoms with E-state index in [-0.39, 0.29) is 11.4 Å². The van der Waals surface area contributed by atoms with Gasteiger partial charge in [0.25, 0.3) is 0 Å². The van der Waals surface area contributed by atoms with Crippen molar-refractivity contribution in [2.24, 2.45) is 0 Å². The Morgan fingerprint density at radius 2 is 1.59 bits per heavy atom. The quantitative estimate of drug-likeness (QED) is 0.307. The van der Waals surface area contributed by atoms with Crippen LogP contribution in [0.2, 0.25) is 0 Å². The highest BCUT2D eigenvalue weighted by Crippen LogP contribution is 2.34. The fourth-order valence-corrected chi connectivity index (χ4v) is 1.78. The first-order valence-corrected chi connectivity index (χ1v) is 5.10. The molecular formula is C12H10N4O. The lowest BCUT2D eigenvalue weighted by Gasteiger charge is -2.07. The standard InChI is InChI=1S/C12H10N4O/c13-6-5-9-11(12(17)10(6)14)16-8-4-2-1-3-7(8)15-9/h1-5,17H,13-14H2. The predicted molar refractivity (Wildman–Crippen MR) is 67.5 cm³/mol. The van der Waals surface area contributed by atoms with Gasteiger partial charge in [-0.05, 0) is 18.2 Å². The third-order valence-corrected chi connectivity index (χ3v) is 2.68. The van der Waals surface area contributed by atoms with E-state index in [9.17, 15) is 5.11 Å². The number of phenols is 1. The van der Waals surface area contributed by atoms with Crippen molar-refractivity contribution < 1.29 is 5.11 Å². The molecule has 0 radical (unpaired) electrons. The third-order valence-electron chi connectivity index (χ3n) is 2.68. The Morgan fingerprint density at radius 1 is 0.941 bits per heavy atom. The lowest BCUT2D eigenvalue weighted by atomic mass is 10.2. The smallest absolute Gasteiger partial charge is 0.168 e. The van der Waals surface area contributed by atoms with E-state index < -0.39 is 0 Å². The average Bonchev–Trinajstić information content (AvgIpc) is 2.34. The fraction of sp³-hybridized carbons (Fsp3) is 0. The molecular weight excluding hydrogens is 216 g/mol. The van der Waals surface area contributed by atoms with Crippen LogP contribution in [-0.2, 0) is 0 Å². The monoisotopic (exact) mass is 226 g/mol. The largest absolute Gasteiger partial charge is 0.504 e. The van der Waals surface area contributed by atoms with Crippen molar-refractivity contribution >= 4 is 33.4 Å². The second-order valence-electron chi connectivity index (χ2n) is 3.81. The highest BCUT2D eigenvalue weighted by Gasteiger charge is 2.11. The van der Waals surface area contributed by atoms with Gasteiger partial charge in [0.1, 0.15) is 5.52 Å². The van der Waals surface area contributed by atoms with Gasteiger partial charge in [-0.25, -0.2) is 9.97 Å². The number of nitrogens with two attached hydrogens (primary N) is 2. The number of aromatic hydroxyl groups is 1. The summed E-state index contributed by atoms with van der Waals surface area (Å²) in [6.45, 7) is 0. The summed E-state index contributed by atoms with van der Waals surface area (Å²) < 4.78 is 0. The molecule has 0 amide bonds. The van der Waals surface area contributed by atoms with E-state index in [4.69, 9.17) is 11.5 Å². The van der Waals surface area contributed by atoms with Crippen LogP contribution in [0.1, 0.15) is 0 Å². The summed E-state index contributed by atoms with van der Waals surface area (Å²) in [6.07, 6.45) is 0. The number of rotatable bonds is 0. The zero-order valence-corrected chi connectivity index (χ0v) is 8.88. The predicted octanol–water partition coefficient (Wildman–Crippen LogP) is 1.65. The summed E-state index contributed by atoms with van der Waals surface area (Å²) in [5.41, 5.74) is 14.1. The van der Waals surface area contributed by atoms with Gasteiger partial charge in [-0.1, -0.05) is 12.1 Å². The second kappa shape index (κ2) is 3.21. The van der Waals surface area contributed by atoms with Crippen molar-refractivity contribution in [1.82, 2.24) is 9.97 Å². The Morgan fingerprint density at radius 3 is 2.29 bits per heavy atom. The maximum atomic E-state index is 9.89. The number of benzene rings is 2. The van der Waals surface area contributed by atoms with E-state index in [0.29, 0.717) is 22.2 Å². The molecule has 84 valence electrons. The molecule has 5 N–H and O–H groups in total. The molecule has 0 saturated carbocycles. The van der Waals surface area contributed by atoms with Crippen LogP contribution >= 0.6 is 0 Å². The Balaban J connectivity index is 2.52. The van der Waals surface area contributed by atoms with Gasteiger partial charge in [0.05, 0.1) is 27.9 Å². The molecule has 0 bridgehead atoms. The van der Waals surface area contributed by atoms with Gasteiger partial charge in [-0.3, -0.25) is 0 Å². The molecule has 0 atom stereocenters. The van der Waals surface area contributed by atoms with Crippen molar-refractivity contribution in [3.8, 4) is 5.75 Å². The summed E-state index contributed by atoms with van der Waals surface area (Å²) in [4.78, 5) is 8.71. The minimum atomic E-state index is -0.113. The van der Waals surface area contributed by atoms with Crippen molar-refractivity contribution in [1.29, 1.82) is 0 Å². The zero-order valence-electron chi connectivity index (χ0n) is 8.88. The third kappa shape index (κ3) is 1.32. The Kier molecular flexibility index (Phi) is 1.82. The zero-order chi connectivity index (χ0) is 12.0. The van der Waals surface area contributed by atoms with Crippen molar-refractivity contribution in [3.63, 3.8) is 0 Å². The molecule has 0 saturated heterocycles. The van der Waals surface area contributed by atoms with Crippen LogP contribution in [0.25, 0.3) is 22.1 Å². The van der Waals surface area contributed by atoms with Crippen LogP contribution in [0.4, 0.5) is 11.4 Å².